The number of sulfonamides is 1. The summed E-state index contributed by atoms with van der Waals surface area (Å²) in [6.45, 7) is 5.48. The summed E-state index contributed by atoms with van der Waals surface area (Å²) in [5, 5.41) is 3.21. The number of hydrogen-bond donors (Lipinski definition) is 2. The molecule has 0 radical (unpaired) electrons. The van der Waals surface area contributed by atoms with E-state index in [2.05, 4.69) is 15.0 Å². The standard InChI is InChI=1S/C19H19N3O3S2/c1-12-7-8-13(2)17(9-12)27(24,25)22-16-6-4-5-15(10-16)18(23)21-19-20-11-14(3)26-19/h4-11,22H,1-3H3,(H,20,21,23). The van der Waals surface area contributed by atoms with Gasteiger partial charge in [-0.1, -0.05) is 18.2 Å². The monoisotopic (exact) mass is 401 g/mol. The average Bonchev–Trinajstić information content (AvgIpc) is 3.01. The van der Waals surface area contributed by atoms with Crippen molar-refractivity contribution < 1.29 is 13.2 Å². The van der Waals surface area contributed by atoms with Crippen molar-refractivity contribution in [3.8, 4) is 0 Å². The Labute approximate surface area is 162 Å². The molecule has 2 N–H and O–H groups in total. The van der Waals surface area contributed by atoms with Gasteiger partial charge in [-0.25, -0.2) is 13.4 Å². The number of hydrogen-bond acceptors (Lipinski definition) is 5. The summed E-state index contributed by atoms with van der Waals surface area (Å²) in [5.41, 5.74) is 2.16. The number of nitrogens with zero attached hydrogens (tertiary/aromatic N) is 1. The van der Waals surface area contributed by atoms with Crippen LogP contribution in [0.2, 0.25) is 0 Å². The maximum Gasteiger partial charge on any atom is 0.262 e. The molecule has 0 saturated heterocycles. The molecule has 1 aromatic heterocycles. The third-order valence-electron chi connectivity index (χ3n) is 3.85. The molecule has 1 amide bonds. The van der Waals surface area contributed by atoms with Gasteiger partial charge in [-0.3, -0.25) is 14.8 Å². The van der Waals surface area contributed by atoms with Crippen LogP contribution in [0.25, 0.3) is 0 Å². The van der Waals surface area contributed by atoms with Crippen molar-refractivity contribution in [3.63, 3.8) is 0 Å². The quantitative estimate of drug-likeness (QED) is 0.673. The van der Waals surface area contributed by atoms with E-state index in [-0.39, 0.29) is 10.8 Å². The smallest absolute Gasteiger partial charge is 0.262 e. The second kappa shape index (κ2) is 7.50. The van der Waals surface area contributed by atoms with Crippen molar-refractivity contribution in [2.24, 2.45) is 0 Å². The van der Waals surface area contributed by atoms with E-state index in [1.807, 2.05) is 19.9 Å². The van der Waals surface area contributed by atoms with Crippen LogP contribution >= 0.6 is 11.3 Å². The predicted molar refractivity (Wildman–Crippen MR) is 108 cm³/mol. The highest BCUT2D eigenvalue weighted by Crippen LogP contribution is 2.22. The Balaban J connectivity index is 1.83. The summed E-state index contributed by atoms with van der Waals surface area (Å²) in [6, 6.07) is 11.6. The van der Waals surface area contributed by atoms with E-state index in [1.54, 1.807) is 43.5 Å². The van der Waals surface area contributed by atoms with Crippen molar-refractivity contribution in [2.75, 3.05) is 10.0 Å². The molecule has 0 aliphatic carbocycles. The molecule has 0 atom stereocenters. The van der Waals surface area contributed by atoms with Gasteiger partial charge in [0, 0.05) is 22.3 Å². The minimum Gasteiger partial charge on any atom is -0.298 e. The molecular weight excluding hydrogens is 382 g/mol. The summed E-state index contributed by atoms with van der Waals surface area (Å²) in [7, 11) is -3.76. The van der Waals surface area contributed by atoms with Crippen LogP contribution in [0.4, 0.5) is 10.8 Å². The van der Waals surface area contributed by atoms with Crippen LogP contribution in [0, 0.1) is 20.8 Å². The van der Waals surface area contributed by atoms with Gasteiger partial charge < -0.3 is 0 Å². The number of carbonyl (C=O) groups excluding carboxylic acids is 1. The molecular formula is C19H19N3O3S2. The first-order chi connectivity index (χ1) is 12.7. The average molecular weight is 402 g/mol. The minimum atomic E-state index is -3.76. The van der Waals surface area contributed by atoms with E-state index >= 15 is 0 Å². The van der Waals surface area contributed by atoms with E-state index in [9.17, 15) is 13.2 Å². The molecule has 0 aliphatic heterocycles. The van der Waals surface area contributed by atoms with Crippen LogP contribution in [-0.2, 0) is 10.0 Å². The Morgan fingerprint density at radius 2 is 1.85 bits per heavy atom. The Bertz CT molecular complexity index is 1100. The number of benzene rings is 2. The summed E-state index contributed by atoms with van der Waals surface area (Å²) in [5.74, 6) is -0.350. The fourth-order valence-electron chi connectivity index (χ4n) is 2.51. The Morgan fingerprint density at radius 3 is 2.56 bits per heavy atom. The maximum absolute atomic E-state index is 12.7. The number of aryl methyl sites for hydroxylation is 3. The predicted octanol–water partition coefficient (Wildman–Crippen LogP) is 4.12. The second-order valence-corrected chi connectivity index (χ2v) is 9.07. The van der Waals surface area contributed by atoms with Gasteiger partial charge in [0.25, 0.3) is 15.9 Å². The zero-order valence-electron chi connectivity index (χ0n) is 15.1. The normalized spacial score (nSPS) is 11.2. The minimum absolute atomic E-state index is 0.218. The van der Waals surface area contributed by atoms with E-state index < -0.39 is 10.0 Å². The van der Waals surface area contributed by atoms with E-state index in [0.29, 0.717) is 21.9 Å². The summed E-state index contributed by atoms with van der Waals surface area (Å²) in [6.07, 6.45) is 1.68. The Morgan fingerprint density at radius 1 is 1.07 bits per heavy atom. The van der Waals surface area contributed by atoms with Gasteiger partial charge in [0.1, 0.15) is 0 Å². The molecule has 0 aliphatic rings. The molecule has 6 nitrogen and oxygen atoms in total. The topological polar surface area (TPSA) is 88.2 Å². The first kappa shape index (κ1) is 19.1. The van der Waals surface area contributed by atoms with Crippen molar-refractivity contribution >= 4 is 38.1 Å². The second-order valence-electron chi connectivity index (χ2n) is 6.19. The van der Waals surface area contributed by atoms with Crippen molar-refractivity contribution in [1.82, 2.24) is 4.98 Å². The maximum atomic E-state index is 12.7. The Kier molecular flexibility index (Phi) is 5.29. The molecule has 0 saturated carbocycles. The van der Waals surface area contributed by atoms with E-state index in [4.69, 9.17) is 0 Å². The third-order valence-corrected chi connectivity index (χ3v) is 6.20. The molecule has 3 aromatic rings. The summed E-state index contributed by atoms with van der Waals surface area (Å²) < 4.78 is 28.0. The van der Waals surface area contributed by atoms with Crippen LogP contribution in [0.1, 0.15) is 26.4 Å². The van der Waals surface area contributed by atoms with Gasteiger partial charge in [0.05, 0.1) is 4.90 Å². The molecule has 3 rings (SSSR count). The highest BCUT2D eigenvalue weighted by molar-refractivity contribution is 7.92. The van der Waals surface area contributed by atoms with Crippen molar-refractivity contribution in [3.05, 3.63) is 70.2 Å². The number of aromatic nitrogens is 1. The lowest BCUT2D eigenvalue weighted by atomic mass is 10.2. The van der Waals surface area contributed by atoms with Crippen LogP contribution < -0.4 is 10.0 Å². The van der Waals surface area contributed by atoms with Crippen LogP contribution in [0.5, 0.6) is 0 Å². The highest BCUT2D eigenvalue weighted by atomic mass is 32.2. The SMILES string of the molecule is Cc1ccc(C)c(S(=O)(=O)Nc2cccc(C(=O)Nc3ncc(C)s3)c2)c1. The number of thiazole rings is 1. The molecule has 0 spiro atoms. The first-order valence-electron chi connectivity index (χ1n) is 8.18. The fraction of sp³-hybridized carbons (Fsp3) is 0.158. The summed E-state index contributed by atoms with van der Waals surface area (Å²) >= 11 is 1.37. The molecule has 8 heteroatoms. The van der Waals surface area contributed by atoms with Gasteiger partial charge in [-0.2, -0.15) is 0 Å². The molecule has 0 fully saturated rings. The lowest BCUT2D eigenvalue weighted by Gasteiger charge is -2.12. The van der Waals surface area contributed by atoms with Crippen molar-refractivity contribution in [1.29, 1.82) is 0 Å². The number of carbonyl (C=O) groups is 1. The van der Waals surface area contributed by atoms with Crippen LogP contribution in [0.15, 0.2) is 53.6 Å². The molecule has 2 aromatic carbocycles. The van der Waals surface area contributed by atoms with Gasteiger partial charge in [0.2, 0.25) is 0 Å². The number of anilines is 2. The fourth-order valence-corrected chi connectivity index (χ4v) is 4.55. The van der Waals surface area contributed by atoms with Crippen molar-refractivity contribution in [2.45, 2.75) is 25.7 Å². The van der Waals surface area contributed by atoms with Gasteiger partial charge in [-0.15, -0.1) is 11.3 Å². The highest BCUT2D eigenvalue weighted by Gasteiger charge is 2.18. The van der Waals surface area contributed by atoms with E-state index in [0.717, 1.165) is 10.4 Å². The first-order valence-corrected chi connectivity index (χ1v) is 10.5. The van der Waals surface area contributed by atoms with Gasteiger partial charge in [-0.05, 0) is 56.2 Å². The lowest BCUT2D eigenvalue weighted by molar-refractivity contribution is 0.102. The molecule has 1 heterocycles. The number of nitrogens with one attached hydrogen (secondary N) is 2. The number of amides is 1. The third kappa shape index (κ3) is 4.53. The zero-order valence-corrected chi connectivity index (χ0v) is 16.7. The number of rotatable bonds is 5. The lowest BCUT2D eigenvalue weighted by Crippen LogP contribution is -2.16. The summed E-state index contributed by atoms with van der Waals surface area (Å²) in [4.78, 5) is 17.7. The Hall–Kier alpha value is -2.71. The largest absolute Gasteiger partial charge is 0.298 e. The zero-order chi connectivity index (χ0) is 19.6. The molecule has 0 bridgehead atoms. The van der Waals surface area contributed by atoms with E-state index in [1.165, 1.54) is 17.4 Å². The van der Waals surface area contributed by atoms with Gasteiger partial charge in [0.15, 0.2) is 5.13 Å². The molecule has 27 heavy (non-hydrogen) atoms. The molecule has 0 unspecified atom stereocenters. The van der Waals surface area contributed by atoms with Gasteiger partial charge >= 0.3 is 0 Å². The molecule has 140 valence electrons. The van der Waals surface area contributed by atoms with Crippen LogP contribution in [-0.4, -0.2) is 19.3 Å². The van der Waals surface area contributed by atoms with Crippen LogP contribution in [0.3, 0.4) is 0 Å².